The van der Waals surface area contributed by atoms with Crippen molar-refractivity contribution in [3.05, 3.63) is 47.0 Å². The van der Waals surface area contributed by atoms with E-state index in [-0.39, 0.29) is 18.1 Å². The molecule has 1 heterocycles. The topological polar surface area (TPSA) is 84.2 Å². The monoisotopic (exact) mass is 319 g/mol. The Kier molecular flexibility index (Phi) is 4.78. The van der Waals surface area contributed by atoms with Gasteiger partial charge in [0, 0.05) is 11.3 Å². The molecule has 0 radical (unpaired) electrons. The van der Waals surface area contributed by atoms with Crippen molar-refractivity contribution in [1.29, 1.82) is 0 Å². The lowest BCUT2D eigenvalue weighted by Gasteiger charge is -2.09. The highest BCUT2D eigenvalue weighted by molar-refractivity contribution is 5.84. The number of carboxylic acids is 1. The molecule has 0 saturated carbocycles. The quantitative estimate of drug-likeness (QED) is 0.879. The van der Waals surface area contributed by atoms with Gasteiger partial charge in [0.05, 0.1) is 17.8 Å². The van der Waals surface area contributed by atoms with Crippen molar-refractivity contribution >= 4 is 11.9 Å². The summed E-state index contributed by atoms with van der Waals surface area (Å²) in [6.07, 6.45) is 0.0382. The molecule has 0 aliphatic carbocycles. The van der Waals surface area contributed by atoms with Gasteiger partial charge in [0.15, 0.2) is 0 Å². The van der Waals surface area contributed by atoms with Gasteiger partial charge in [-0.3, -0.25) is 9.59 Å². The summed E-state index contributed by atoms with van der Waals surface area (Å²) in [6, 6.07) is 4.94. The predicted octanol–water partition coefficient (Wildman–Crippen LogP) is 1.76. The van der Waals surface area contributed by atoms with Crippen molar-refractivity contribution in [2.24, 2.45) is 0 Å². The molecule has 1 amide bonds. The molecule has 0 aliphatic heterocycles. The van der Waals surface area contributed by atoms with E-state index in [0.717, 1.165) is 11.3 Å². The summed E-state index contributed by atoms with van der Waals surface area (Å²) < 4.78 is 14.7. The summed E-state index contributed by atoms with van der Waals surface area (Å²) in [5, 5.41) is 15.6. The molecule has 0 aliphatic rings. The summed E-state index contributed by atoms with van der Waals surface area (Å²) in [6.45, 7) is 4.99. The van der Waals surface area contributed by atoms with E-state index in [0.29, 0.717) is 11.4 Å². The van der Waals surface area contributed by atoms with Gasteiger partial charge in [-0.2, -0.15) is 5.10 Å². The average molecular weight is 319 g/mol. The van der Waals surface area contributed by atoms with Crippen LogP contribution >= 0.6 is 0 Å². The summed E-state index contributed by atoms with van der Waals surface area (Å²) >= 11 is 0. The standard InChI is InChI=1S/C16H18FN3O3/c1-9-14(8-15(21)18-10(2)16(22)23)11(3)20(19-9)13-6-4-12(17)5-7-13/h4-7,10H,8H2,1-3H3,(H,18,21)(H,22,23)/t10-/m0/s1. The summed E-state index contributed by atoms with van der Waals surface area (Å²) in [4.78, 5) is 22.7. The van der Waals surface area contributed by atoms with Crippen molar-refractivity contribution < 1.29 is 19.1 Å². The minimum absolute atomic E-state index is 0.0382. The number of hydrogen-bond donors (Lipinski definition) is 2. The van der Waals surface area contributed by atoms with Crippen molar-refractivity contribution in [2.45, 2.75) is 33.2 Å². The zero-order valence-corrected chi connectivity index (χ0v) is 13.1. The Bertz CT molecular complexity index is 738. The van der Waals surface area contributed by atoms with Gasteiger partial charge >= 0.3 is 5.97 Å². The van der Waals surface area contributed by atoms with E-state index in [9.17, 15) is 14.0 Å². The Morgan fingerprint density at radius 2 is 1.91 bits per heavy atom. The normalized spacial score (nSPS) is 12.0. The minimum Gasteiger partial charge on any atom is -0.480 e. The lowest BCUT2D eigenvalue weighted by Crippen LogP contribution is -2.39. The number of aromatic nitrogens is 2. The van der Waals surface area contributed by atoms with E-state index < -0.39 is 12.0 Å². The van der Waals surface area contributed by atoms with E-state index in [1.54, 1.807) is 23.7 Å². The van der Waals surface area contributed by atoms with Crippen molar-refractivity contribution in [1.82, 2.24) is 15.1 Å². The zero-order chi connectivity index (χ0) is 17.1. The number of hydrogen-bond acceptors (Lipinski definition) is 3. The van der Waals surface area contributed by atoms with Crippen LogP contribution in [0.1, 0.15) is 23.9 Å². The van der Waals surface area contributed by atoms with Crippen molar-refractivity contribution in [3.63, 3.8) is 0 Å². The zero-order valence-electron chi connectivity index (χ0n) is 13.1. The van der Waals surface area contributed by atoms with Gasteiger partial charge in [0.1, 0.15) is 11.9 Å². The molecule has 2 rings (SSSR count). The first-order valence-corrected chi connectivity index (χ1v) is 7.12. The number of aliphatic carboxylic acids is 1. The molecule has 7 heteroatoms. The number of carbonyl (C=O) groups excluding carboxylic acids is 1. The molecular formula is C16H18FN3O3. The molecule has 0 bridgehead atoms. The predicted molar refractivity (Wildman–Crippen MR) is 81.9 cm³/mol. The second-order valence-corrected chi connectivity index (χ2v) is 5.34. The van der Waals surface area contributed by atoms with E-state index in [2.05, 4.69) is 10.4 Å². The van der Waals surface area contributed by atoms with Crippen LogP contribution in [0.4, 0.5) is 4.39 Å². The van der Waals surface area contributed by atoms with Crippen molar-refractivity contribution in [3.8, 4) is 5.69 Å². The number of carboxylic acid groups (broad SMARTS) is 1. The number of nitrogens with one attached hydrogen (secondary N) is 1. The SMILES string of the molecule is Cc1nn(-c2ccc(F)cc2)c(C)c1CC(=O)N[C@@H](C)C(=O)O. The molecule has 1 aromatic carbocycles. The molecular weight excluding hydrogens is 301 g/mol. The average Bonchev–Trinajstić information content (AvgIpc) is 2.76. The maximum Gasteiger partial charge on any atom is 0.325 e. The van der Waals surface area contributed by atoms with E-state index >= 15 is 0 Å². The second-order valence-electron chi connectivity index (χ2n) is 5.34. The van der Waals surface area contributed by atoms with Gasteiger partial charge in [-0.05, 0) is 45.0 Å². The van der Waals surface area contributed by atoms with Crippen molar-refractivity contribution in [2.75, 3.05) is 0 Å². The Morgan fingerprint density at radius 1 is 1.30 bits per heavy atom. The Morgan fingerprint density at radius 3 is 2.48 bits per heavy atom. The minimum atomic E-state index is -1.09. The third-order valence-electron chi connectivity index (χ3n) is 3.60. The summed E-state index contributed by atoms with van der Waals surface area (Å²) in [7, 11) is 0. The fourth-order valence-electron chi connectivity index (χ4n) is 2.28. The molecule has 0 saturated heterocycles. The fourth-order valence-corrected chi connectivity index (χ4v) is 2.28. The third-order valence-corrected chi connectivity index (χ3v) is 3.60. The number of amides is 1. The highest BCUT2D eigenvalue weighted by atomic mass is 19.1. The van der Waals surface area contributed by atoms with Gasteiger partial charge in [-0.15, -0.1) is 0 Å². The van der Waals surface area contributed by atoms with Gasteiger partial charge in [0.2, 0.25) is 5.91 Å². The molecule has 122 valence electrons. The van der Waals surface area contributed by atoms with Crippen LogP contribution in [0.15, 0.2) is 24.3 Å². The third kappa shape index (κ3) is 3.74. The summed E-state index contributed by atoms with van der Waals surface area (Å²) in [5.41, 5.74) is 2.85. The molecule has 0 fully saturated rings. The molecule has 2 N–H and O–H groups in total. The molecule has 6 nitrogen and oxygen atoms in total. The number of benzene rings is 1. The largest absolute Gasteiger partial charge is 0.480 e. The van der Waals surface area contributed by atoms with Gasteiger partial charge in [-0.25, -0.2) is 9.07 Å². The second kappa shape index (κ2) is 6.60. The van der Waals surface area contributed by atoms with Crippen LogP contribution < -0.4 is 5.32 Å². The maximum atomic E-state index is 13.0. The van der Waals surface area contributed by atoms with E-state index in [1.807, 2.05) is 6.92 Å². The maximum absolute atomic E-state index is 13.0. The molecule has 23 heavy (non-hydrogen) atoms. The number of aryl methyl sites for hydroxylation is 1. The van der Waals surface area contributed by atoms with E-state index in [1.165, 1.54) is 19.1 Å². The Hall–Kier alpha value is -2.70. The van der Waals surface area contributed by atoms with Crippen LogP contribution in [0.5, 0.6) is 0 Å². The lowest BCUT2D eigenvalue weighted by molar-refractivity contribution is -0.141. The van der Waals surface area contributed by atoms with Crippen LogP contribution in [0, 0.1) is 19.7 Å². The van der Waals surface area contributed by atoms with Crippen LogP contribution in [0.25, 0.3) is 5.69 Å². The first kappa shape index (κ1) is 16.7. The Balaban J connectivity index is 2.22. The first-order chi connectivity index (χ1) is 10.8. The highest BCUT2D eigenvalue weighted by Crippen LogP contribution is 2.18. The Labute approximate surface area is 132 Å². The highest BCUT2D eigenvalue weighted by Gasteiger charge is 2.19. The fraction of sp³-hybridized carbons (Fsp3) is 0.312. The number of nitrogens with zero attached hydrogens (tertiary/aromatic N) is 2. The molecule has 1 aromatic heterocycles. The molecule has 1 atom stereocenters. The smallest absolute Gasteiger partial charge is 0.325 e. The van der Waals surface area contributed by atoms with Crippen LogP contribution in [0.2, 0.25) is 0 Å². The molecule has 0 spiro atoms. The van der Waals surface area contributed by atoms with Gasteiger partial charge in [-0.1, -0.05) is 0 Å². The lowest BCUT2D eigenvalue weighted by atomic mass is 10.1. The molecule has 2 aromatic rings. The molecule has 0 unspecified atom stereocenters. The van der Waals surface area contributed by atoms with Crippen LogP contribution in [-0.4, -0.2) is 32.8 Å². The van der Waals surface area contributed by atoms with Crippen LogP contribution in [-0.2, 0) is 16.0 Å². The van der Waals surface area contributed by atoms with Gasteiger partial charge in [0.25, 0.3) is 0 Å². The summed E-state index contributed by atoms with van der Waals surface area (Å²) in [5.74, 6) is -1.81. The number of carbonyl (C=O) groups is 2. The van der Waals surface area contributed by atoms with Gasteiger partial charge < -0.3 is 10.4 Å². The van der Waals surface area contributed by atoms with Crippen LogP contribution in [0.3, 0.4) is 0 Å². The van der Waals surface area contributed by atoms with E-state index in [4.69, 9.17) is 5.11 Å². The number of rotatable bonds is 5. The number of halogens is 1. The first-order valence-electron chi connectivity index (χ1n) is 7.12.